The van der Waals surface area contributed by atoms with Crippen LogP contribution >= 0.6 is 11.6 Å². The second-order valence-corrected chi connectivity index (χ2v) is 4.78. The van der Waals surface area contributed by atoms with Gasteiger partial charge in [0, 0.05) is 22.8 Å². The summed E-state index contributed by atoms with van der Waals surface area (Å²) in [4.78, 5) is 10.6. The molecule has 0 spiro atoms. The molecular weight excluding hydrogens is 298 g/mol. The molecule has 0 unspecified atom stereocenters. The van der Waals surface area contributed by atoms with Crippen LogP contribution in [-0.4, -0.2) is 17.6 Å². The van der Waals surface area contributed by atoms with Crippen molar-refractivity contribution >= 4 is 23.3 Å². The molecule has 2 aromatic rings. The second kappa shape index (κ2) is 8.90. The minimum Gasteiger partial charge on any atom is -0.478 e. The van der Waals surface area contributed by atoms with Crippen molar-refractivity contribution in [3.63, 3.8) is 0 Å². The van der Waals surface area contributed by atoms with Gasteiger partial charge in [0.15, 0.2) is 0 Å². The lowest BCUT2D eigenvalue weighted by Crippen LogP contribution is -2.10. The summed E-state index contributed by atoms with van der Waals surface area (Å²) < 4.78 is 0. The van der Waals surface area contributed by atoms with E-state index in [4.69, 9.17) is 16.7 Å². The second-order valence-electron chi connectivity index (χ2n) is 4.35. The predicted octanol–water partition coefficient (Wildman–Crippen LogP) is 5.09. The minimum atomic E-state index is -0.990. The number of carbonyl (C=O) groups is 1. The molecule has 0 fully saturated rings. The normalized spacial score (nSPS) is 9.41. The van der Waals surface area contributed by atoms with Gasteiger partial charge in [0.1, 0.15) is 0 Å². The standard InChI is InChI=1S/C16H14ClNO2.C2H6/c1-11(16(19)20)10-18-15-8-4-13(5-9-15)12-2-6-14(17)7-3-12;1-2/h2-9,18H,1,10H2,(H,19,20);1-2H3. The number of benzene rings is 2. The van der Waals surface area contributed by atoms with Gasteiger partial charge in [0.05, 0.1) is 0 Å². The first-order valence-corrected chi connectivity index (χ1v) is 7.45. The van der Waals surface area contributed by atoms with Crippen LogP contribution in [0.1, 0.15) is 13.8 Å². The van der Waals surface area contributed by atoms with Gasteiger partial charge in [-0.2, -0.15) is 0 Å². The number of nitrogens with one attached hydrogen (secondary N) is 1. The summed E-state index contributed by atoms with van der Waals surface area (Å²) in [6, 6.07) is 15.3. The smallest absolute Gasteiger partial charge is 0.332 e. The fraction of sp³-hybridized carbons (Fsp3) is 0.167. The van der Waals surface area contributed by atoms with Crippen molar-refractivity contribution in [1.29, 1.82) is 0 Å². The molecule has 0 radical (unpaired) electrons. The van der Waals surface area contributed by atoms with Crippen LogP contribution in [0.5, 0.6) is 0 Å². The number of hydrogen-bond acceptors (Lipinski definition) is 2. The average molecular weight is 318 g/mol. The lowest BCUT2D eigenvalue weighted by Gasteiger charge is -2.07. The number of carboxylic acid groups (broad SMARTS) is 1. The van der Waals surface area contributed by atoms with Crippen LogP contribution in [0.15, 0.2) is 60.7 Å². The van der Waals surface area contributed by atoms with E-state index in [1.54, 1.807) is 0 Å². The van der Waals surface area contributed by atoms with Crippen molar-refractivity contribution in [2.24, 2.45) is 0 Å². The molecule has 4 heteroatoms. The Kier molecular flexibility index (Phi) is 7.20. The Bertz CT molecular complexity index is 619. The summed E-state index contributed by atoms with van der Waals surface area (Å²) in [5, 5.41) is 12.4. The molecule has 2 aromatic carbocycles. The first-order valence-electron chi connectivity index (χ1n) is 7.07. The molecule has 0 bridgehead atoms. The quantitative estimate of drug-likeness (QED) is 0.755. The van der Waals surface area contributed by atoms with Crippen molar-refractivity contribution in [2.45, 2.75) is 13.8 Å². The lowest BCUT2D eigenvalue weighted by atomic mass is 10.1. The van der Waals surface area contributed by atoms with Crippen LogP contribution < -0.4 is 5.32 Å². The van der Waals surface area contributed by atoms with E-state index in [-0.39, 0.29) is 12.1 Å². The Labute approximate surface area is 136 Å². The molecule has 0 amide bonds. The fourth-order valence-electron chi connectivity index (χ4n) is 1.71. The maximum Gasteiger partial charge on any atom is 0.332 e. The number of anilines is 1. The average Bonchev–Trinajstić information content (AvgIpc) is 2.55. The maximum absolute atomic E-state index is 10.6. The Balaban J connectivity index is 0.00000116. The zero-order valence-corrected chi connectivity index (χ0v) is 13.5. The Morgan fingerprint density at radius 2 is 1.50 bits per heavy atom. The summed E-state index contributed by atoms with van der Waals surface area (Å²) in [6.45, 7) is 7.69. The van der Waals surface area contributed by atoms with Crippen LogP contribution in [0.25, 0.3) is 11.1 Å². The highest BCUT2D eigenvalue weighted by Gasteiger charge is 2.03. The Morgan fingerprint density at radius 3 is 1.95 bits per heavy atom. The van der Waals surface area contributed by atoms with E-state index in [2.05, 4.69) is 11.9 Å². The van der Waals surface area contributed by atoms with E-state index >= 15 is 0 Å². The minimum absolute atomic E-state index is 0.131. The van der Waals surface area contributed by atoms with Gasteiger partial charge in [-0.05, 0) is 35.4 Å². The molecule has 2 N–H and O–H groups in total. The number of halogens is 1. The van der Waals surface area contributed by atoms with Crippen LogP contribution in [0, 0.1) is 0 Å². The molecular formula is C18H20ClNO2. The molecule has 2 rings (SSSR count). The monoisotopic (exact) mass is 317 g/mol. The summed E-state index contributed by atoms with van der Waals surface area (Å²) in [6.07, 6.45) is 0. The largest absolute Gasteiger partial charge is 0.478 e. The van der Waals surface area contributed by atoms with Crippen molar-refractivity contribution in [3.8, 4) is 11.1 Å². The highest BCUT2D eigenvalue weighted by molar-refractivity contribution is 6.30. The lowest BCUT2D eigenvalue weighted by molar-refractivity contribution is -0.132. The van der Waals surface area contributed by atoms with Crippen LogP contribution in [0.2, 0.25) is 5.02 Å². The van der Waals surface area contributed by atoms with E-state index in [0.29, 0.717) is 5.02 Å². The van der Waals surface area contributed by atoms with E-state index in [9.17, 15) is 4.79 Å². The molecule has 0 aliphatic rings. The zero-order chi connectivity index (χ0) is 16.5. The van der Waals surface area contributed by atoms with Crippen molar-refractivity contribution in [3.05, 3.63) is 65.7 Å². The topological polar surface area (TPSA) is 49.3 Å². The summed E-state index contributed by atoms with van der Waals surface area (Å²) in [5.41, 5.74) is 3.14. The third kappa shape index (κ3) is 5.26. The van der Waals surface area contributed by atoms with Gasteiger partial charge in [-0.25, -0.2) is 4.79 Å². The first kappa shape index (κ1) is 17.8. The van der Waals surface area contributed by atoms with E-state index in [0.717, 1.165) is 16.8 Å². The van der Waals surface area contributed by atoms with Crippen molar-refractivity contribution in [2.75, 3.05) is 11.9 Å². The number of rotatable bonds is 5. The Hall–Kier alpha value is -2.26. The number of hydrogen-bond donors (Lipinski definition) is 2. The van der Waals surface area contributed by atoms with Gasteiger partial charge in [0.25, 0.3) is 0 Å². The molecule has 0 saturated heterocycles. The van der Waals surface area contributed by atoms with Gasteiger partial charge < -0.3 is 10.4 Å². The van der Waals surface area contributed by atoms with Crippen molar-refractivity contribution < 1.29 is 9.90 Å². The molecule has 22 heavy (non-hydrogen) atoms. The van der Waals surface area contributed by atoms with Crippen LogP contribution in [0.3, 0.4) is 0 Å². The molecule has 0 heterocycles. The van der Waals surface area contributed by atoms with E-state index < -0.39 is 5.97 Å². The highest BCUT2D eigenvalue weighted by atomic mass is 35.5. The van der Waals surface area contributed by atoms with Crippen LogP contribution in [-0.2, 0) is 4.79 Å². The third-order valence-corrected chi connectivity index (χ3v) is 3.12. The van der Waals surface area contributed by atoms with Crippen LogP contribution in [0.4, 0.5) is 5.69 Å². The first-order chi connectivity index (χ1) is 10.6. The van der Waals surface area contributed by atoms with E-state index in [1.807, 2.05) is 62.4 Å². The van der Waals surface area contributed by atoms with Gasteiger partial charge >= 0.3 is 5.97 Å². The van der Waals surface area contributed by atoms with Crippen molar-refractivity contribution in [1.82, 2.24) is 0 Å². The molecule has 3 nitrogen and oxygen atoms in total. The van der Waals surface area contributed by atoms with E-state index in [1.165, 1.54) is 0 Å². The predicted molar refractivity (Wildman–Crippen MR) is 93.5 cm³/mol. The summed E-state index contributed by atoms with van der Waals surface area (Å²) in [5.74, 6) is -0.990. The SMILES string of the molecule is C=C(CNc1ccc(-c2ccc(Cl)cc2)cc1)C(=O)O.CC. The molecule has 0 aliphatic carbocycles. The molecule has 0 saturated carbocycles. The van der Waals surface area contributed by atoms with Gasteiger partial charge in [-0.1, -0.05) is 56.3 Å². The van der Waals surface area contributed by atoms with Gasteiger partial charge in [-0.15, -0.1) is 0 Å². The highest BCUT2D eigenvalue weighted by Crippen LogP contribution is 2.23. The molecule has 0 atom stereocenters. The van der Waals surface area contributed by atoms with Gasteiger partial charge in [-0.3, -0.25) is 0 Å². The number of aliphatic carboxylic acids is 1. The molecule has 0 aliphatic heterocycles. The summed E-state index contributed by atoms with van der Waals surface area (Å²) >= 11 is 5.85. The molecule has 116 valence electrons. The maximum atomic E-state index is 10.6. The Morgan fingerprint density at radius 1 is 1.05 bits per heavy atom. The fourth-order valence-corrected chi connectivity index (χ4v) is 1.83. The third-order valence-electron chi connectivity index (χ3n) is 2.87. The number of carboxylic acids is 1. The zero-order valence-electron chi connectivity index (χ0n) is 12.8. The molecule has 0 aromatic heterocycles. The summed E-state index contributed by atoms with van der Waals surface area (Å²) in [7, 11) is 0. The van der Waals surface area contributed by atoms with Gasteiger partial charge in [0.2, 0.25) is 0 Å².